The first-order valence-electron chi connectivity index (χ1n) is 13.3. The fraction of sp³-hybridized carbons (Fsp3) is 0.357. The number of likely N-dealkylation sites (tertiary alicyclic amines) is 1. The van der Waals surface area contributed by atoms with E-state index >= 15 is 0 Å². The van der Waals surface area contributed by atoms with Gasteiger partial charge in [-0.05, 0) is 60.3 Å². The molecular weight excluding hydrogens is 608 g/mol. The van der Waals surface area contributed by atoms with E-state index in [0.717, 1.165) is 5.56 Å². The normalized spacial score (nSPS) is 20.9. The largest absolute Gasteiger partial charge is 0.396 e. The Hall–Kier alpha value is -4.14. The van der Waals surface area contributed by atoms with Crippen molar-refractivity contribution in [2.45, 2.75) is 45.3 Å². The Labute approximate surface area is 248 Å². The van der Waals surface area contributed by atoms with Crippen molar-refractivity contribution in [1.29, 1.82) is 0 Å². The van der Waals surface area contributed by atoms with E-state index < -0.39 is 35.7 Å². The van der Waals surface area contributed by atoms with Crippen molar-refractivity contribution in [3.8, 4) is 11.3 Å². The van der Waals surface area contributed by atoms with Gasteiger partial charge in [-0.15, -0.1) is 0 Å². The van der Waals surface area contributed by atoms with E-state index in [2.05, 4.69) is 46.3 Å². The molecule has 13 nitrogen and oxygen atoms in total. The van der Waals surface area contributed by atoms with Crippen molar-refractivity contribution in [1.82, 2.24) is 34.6 Å². The van der Waals surface area contributed by atoms with Gasteiger partial charge in [0.05, 0.1) is 24.0 Å². The minimum Gasteiger partial charge on any atom is -0.396 e. The van der Waals surface area contributed by atoms with Crippen LogP contribution >= 0.6 is 15.9 Å². The van der Waals surface area contributed by atoms with Gasteiger partial charge < -0.3 is 20.4 Å². The number of halogens is 1. The number of pyridine rings is 2. The van der Waals surface area contributed by atoms with Crippen LogP contribution < -0.4 is 5.32 Å². The molecule has 3 atom stereocenters. The summed E-state index contributed by atoms with van der Waals surface area (Å²) < 4.78 is 1.92. The van der Waals surface area contributed by atoms with Crippen LogP contribution in [0.25, 0.3) is 22.2 Å². The predicted molar refractivity (Wildman–Crippen MR) is 153 cm³/mol. The maximum Gasteiger partial charge on any atom is 0.248 e. The summed E-state index contributed by atoms with van der Waals surface area (Å²) in [5.41, 5.74) is 1.77. The molecule has 1 saturated heterocycles. The maximum absolute atomic E-state index is 13.8. The van der Waals surface area contributed by atoms with Crippen molar-refractivity contribution in [2.24, 2.45) is 5.41 Å². The highest BCUT2D eigenvalue weighted by Crippen LogP contribution is 2.59. The zero-order valence-corrected chi connectivity index (χ0v) is 24.4. The highest BCUT2D eigenvalue weighted by molar-refractivity contribution is 9.10. The molecule has 14 heteroatoms. The Kier molecular flexibility index (Phi) is 7.07. The van der Waals surface area contributed by atoms with Crippen molar-refractivity contribution >= 4 is 50.2 Å². The molecule has 5 heterocycles. The van der Waals surface area contributed by atoms with Gasteiger partial charge in [0.1, 0.15) is 41.1 Å². The molecule has 1 saturated carbocycles. The number of ketones is 1. The number of piperidine rings is 1. The van der Waals surface area contributed by atoms with E-state index in [9.17, 15) is 24.6 Å². The van der Waals surface area contributed by atoms with E-state index in [1.54, 1.807) is 31.5 Å². The van der Waals surface area contributed by atoms with E-state index in [4.69, 9.17) is 0 Å². The molecule has 0 aromatic carbocycles. The zero-order chi connectivity index (χ0) is 29.8. The minimum atomic E-state index is -0.824. The Morgan fingerprint density at radius 2 is 1.86 bits per heavy atom. The lowest BCUT2D eigenvalue weighted by Crippen LogP contribution is -2.47. The molecule has 0 radical (unpaired) electrons. The topological polar surface area (TPSA) is 176 Å². The van der Waals surface area contributed by atoms with Gasteiger partial charge in [-0.2, -0.15) is 5.10 Å². The second kappa shape index (κ2) is 10.6. The first-order valence-corrected chi connectivity index (χ1v) is 14.1. The number of aryl methyl sites for hydroxylation is 2. The first-order chi connectivity index (χ1) is 20.1. The summed E-state index contributed by atoms with van der Waals surface area (Å²) in [4.78, 5) is 58.6. The summed E-state index contributed by atoms with van der Waals surface area (Å²) >= 11 is 3.32. The van der Waals surface area contributed by atoms with Gasteiger partial charge in [-0.3, -0.25) is 24.0 Å². The molecule has 42 heavy (non-hydrogen) atoms. The van der Waals surface area contributed by atoms with Crippen LogP contribution in [0.15, 0.2) is 41.4 Å². The molecule has 1 aliphatic heterocycles. The second-order valence-corrected chi connectivity index (χ2v) is 11.6. The lowest BCUT2D eigenvalue weighted by atomic mass is 10.0. The Bertz CT molecular complexity index is 1740. The molecule has 4 aromatic rings. The Morgan fingerprint density at radius 1 is 1.10 bits per heavy atom. The van der Waals surface area contributed by atoms with E-state index in [1.807, 2.05) is 13.0 Å². The van der Waals surface area contributed by atoms with Gasteiger partial charge in [-0.25, -0.2) is 15.0 Å². The number of anilines is 1. The molecule has 0 bridgehead atoms. The quantitative estimate of drug-likeness (QED) is 0.191. The third-order valence-electron chi connectivity index (χ3n) is 8.03. The highest BCUT2D eigenvalue weighted by Gasteiger charge is 2.66. The van der Waals surface area contributed by atoms with Crippen LogP contribution in [0.5, 0.6) is 0 Å². The molecule has 2 aliphatic rings. The van der Waals surface area contributed by atoms with Crippen LogP contribution in [0.1, 0.15) is 34.7 Å². The van der Waals surface area contributed by atoms with E-state index in [1.165, 1.54) is 15.8 Å². The molecule has 2 amide bonds. The van der Waals surface area contributed by atoms with Gasteiger partial charge in [0, 0.05) is 34.8 Å². The average molecular weight is 635 g/mol. The number of aliphatic hydroxyl groups excluding tert-OH is 2. The number of hydrogen-bond donors (Lipinski definition) is 3. The summed E-state index contributed by atoms with van der Waals surface area (Å²) in [6, 6.07) is 4.11. The van der Waals surface area contributed by atoms with Gasteiger partial charge in [0.2, 0.25) is 17.6 Å². The zero-order valence-electron chi connectivity index (χ0n) is 22.8. The molecule has 2 fully saturated rings. The molecule has 6 rings (SSSR count). The minimum absolute atomic E-state index is 0.0000242. The summed E-state index contributed by atoms with van der Waals surface area (Å²) in [7, 11) is 0. The van der Waals surface area contributed by atoms with E-state index in [0.29, 0.717) is 51.2 Å². The number of carbonyl (C=O) groups is 3. The second-order valence-electron chi connectivity index (χ2n) is 10.7. The molecule has 1 aliphatic carbocycles. The summed E-state index contributed by atoms with van der Waals surface area (Å²) in [5.74, 6) is -0.424. The lowest BCUT2D eigenvalue weighted by Gasteiger charge is -2.27. The molecular formula is C28H27BrN8O5. The number of carbonyl (C=O) groups excluding carboxylic acids is 3. The number of nitrogens with zero attached hydrogens (tertiary/aromatic N) is 7. The van der Waals surface area contributed by atoms with Gasteiger partial charge in [0.25, 0.3) is 0 Å². The number of hydrogen-bond acceptors (Lipinski definition) is 10. The van der Waals surface area contributed by atoms with Crippen LogP contribution in [0, 0.1) is 19.3 Å². The molecule has 3 N–H and O–H groups in total. The molecule has 216 valence electrons. The molecule has 0 spiro atoms. The van der Waals surface area contributed by atoms with Crippen LogP contribution in [0.4, 0.5) is 5.82 Å². The SMILES string of the molecule is Cc1ncc(-c2cc3c(C(=O)CO)nn(CC(=O)N4[C@H](C(=O)Nc5nc(Br)ccc5C)C[C@@]5(CO)C[C@@H]45)c3cn2)cn1. The summed E-state index contributed by atoms with van der Waals surface area (Å²) in [6.07, 6.45) is 5.64. The Morgan fingerprint density at radius 3 is 2.57 bits per heavy atom. The number of aromatic nitrogens is 6. The maximum atomic E-state index is 13.8. The molecule has 4 aromatic heterocycles. The van der Waals surface area contributed by atoms with Gasteiger partial charge in [0.15, 0.2) is 0 Å². The summed E-state index contributed by atoms with van der Waals surface area (Å²) in [5, 5.41) is 27.3. The number of fused-ring (bicyclic) bond motifs is 2. The van der Waals surface area contributed by atoms with Gasteiger partial charge in [-0.1, -0.05) is 6.07 Å². The van der Waals surface area contributed by atoms with E-state index in [-0.39, 0.29) is 24.9 Å². The van der Waals surface area contributed by atoms with Crippen LogP contribution in [0.2, 0.25) is 0 Å². The van der Waals surface area contributed by atoms with Crippen molar-refractivity contribution < 1.29 is 24.6 Å². The highest BCUT2D eigenvalue weighted by atomic mass is 79.9. The van der Waals surface area contributed by atoms with Crippen molar-refractivity contribution in [2.75, 3.05) is 18.5 Å². The summed E-state index contributed by atoms with van der Waals surface area (Å²) in [6.45, 7) is 2.40. The standard InChI is InChI=1S/C28H27BrN8O5/c1-14-3-4-23(29)33-26(14)34-27(42)19-6-28(13-39)7-22(28)37(19)24(41)11-36-20-10-32-18(16-8-30-15(2)31-9-16)5-17(20)25(35-36)21(40)12-38/h3-5,8-10,19,22,38-39H,6-7,11-13H2,1-2H3,(H,33,34,42)/t19-,22+,28-/m0/s1. The third-order valence-corrected chi connectivity index (χ3v) is 8.48. The van der Waals surface area contributed by atoms with Crippen LogP contribution in [-0.2, 0) is 16.1 Å². The fourth-order valence-electron chi connectivity index (χ4n) is 5.64. The smallest absolute Gasteiger partial charge is 0.248 e. The van der Waals surface area contributed by atoms with Crippen LogP contribution in [0.3, 0.4) is 0 Å². The number of nitrogens with one attached hydrogen (secondary N) is 1. The lowest BCUT2D eigenvalue weighted by molar-refractivity contribution is -0.138. The number of rotatable bonds is 8. The van der Waals surface area contributed by atoms with Crippen molar-refractivity contribution in [3.05, 3.63) is 58.5 Å². The first kappa shape index (κ1) is 28.0. The number of aliphatic hydroxyl groups is 2. The van der Waals surface area contributed by atoms with Gasteiger partial charge >= 0.3 is 0 Å². The predicted octanol–water partition coefficient (Wildman–Crippen LogP) is 1.83. The number of amides is 2. The Balaban J connectivity index is 1.31. The monoisotopic (exact) mass is 634 g/mol. The third kappa shape index (κ3) is 4.84. The molecule has 0 unspecified atom stereocenters. The fourth-order valence-corrected chi connectivity index (χ4v) is 5.95. The van der Waals surface area contributed by atoms with Crippen LogP contribution in [-0.4, -0.2) is 87.7 Å². The number of Topliss-reactive ketones (excluding diaryl/α,β-unsaturated/α-hetero) is 1. The van der Waals surface area contributed by atoms with Crippen molar-refractivity contribution in [3.63, 3.8) is 0 Å². The average Bonchev–Trinajstić information content (AvgIpc) is 3.43.